The molecule has 3 heteroatoms. The van der Waals surface area contributed by atoms with E-state index in [0.29, 0.717) is 0 Å². The Morgan fingerprint density at radius 1 is 1.10 bits per heavy atom. The average molecular weight is 271 g/mol. The van der Waals surface area contributed by atoms with Gasteiger partial charge in [-0.3, -0.25) is 0 Å². The summed E-state index contributed by atoms with van der Waals surface area (Å²) in [5.74, 6) is 0. The number of alkyl halides is 1. The van der Waals surface area contributed by atoms with Crippen LogP contribution in [-0.2, 0) is 0 Å². The maximum Gasteiger partial charge on any atom is 0.0175 e. The van der Waals surface area contributed by atoms with E-state index in [0.717, 1.165) is 16.9 Å². The zero-order valence-electron chi connectivity index (χ0n) is 5.85. The van der Waals surface area contributed by atoms with E-state index in [2.05, 4.69) is 21.2 Å². The standard InChI is InChI=1S/C7H12BrN.BrH/c8-5-3-6-1-2-7(4-5)9-6;/h5-7,9H,1-4H2;1H. The van der Waals surface area contributed by atoms with Crippen LogP contribution in [0.2, 0.25) is 0 Å². The van der Waals surface area contributed by atoms with Gasteiger partial charge in [0.1, 0.15) is 0 Å². The molecule has 2 unspecified atom stereocenters. The minimum absolute atomic E-state index is 0. The third-order valence-electron chi connectivity index (χ3n) is 2.42. The quantitative estimate of drug-likeness (QED) is 0.666. The molecule has 2 rings (SSSR count). The zero-order valence-corrected chi connectivity index (χ0v) is 9.15. The van der Waals surface area contributed by atoms with Crippen molar-refractivity contribution in [2.45, 2.75) is 42.6 Å². The average Bonchev–Trinajstić information content (AvgIpc) is 2.11. The summed E-state index contributed by atoms with van der Waals surface area (Å²) in [6.45, 7) is 0. The van der Waals surface area contributed by atoms with Crippen molar-refractivity contribution in [1.82, 2.24) is 5.32 Å². The predicted molar refractivity (Wildman–Crippen MR) is 52.2 cm³/mol. The van der Waals surface area contributed by atoms with Crippen LogP contribution in [0, 0.1) is 0 Å². The summed E-state index contributed by atoms with van der Waals surface area (Å²) in [5.41, 5.74) is 0. The number of hydrogen-bond donors (Lipinski definition) is 1. The Morgan fingerprint density at radius 2 is 1.60 bits per heavy atom. The summed E-state index contributed by atoms with van der Waals surface area (Å²) < 4.78 is 0. The lowest BCUT2D eigenvalue weighted by Gasteiger charge is -2.24. The molecule has 0 radical (unpaired) electrons. The molecule has 0 aromatic rings. The molecule has 0 aromatic carbocycles. The van der Waals surface area contributed by atoms with Crippen molar-refractivity contribution >= 4 is 32.9 Å². The van der Waals surface area contributed by atoms with Crippen molar-refractivity contribution < 1.29 is 0 Å². The molecule has 2 aliphatic heterocycles. The van der Waals surface area contributed by atoms with Crippen LogP contribution < -0.4 is 5.32 Å². The van der Waals surface area contributed by atoms with Crippen LogP contribution in [0.4, 0.5) is 0 Å². The summed E-state index contributed by atoms with van der Waals surface area (Å²) in [6, 6.07) is 1.68. The largest absolute Gasteiger partial charge is 0.311 e. The molecular formula is C7H13Br2N. The molecule has 10 heavy (non-hydrogen) atoms. The first-order chi connectivity index (χ1) is 4.34. The van der Waals surface area contributed by atoms with Crippen molar-refractivity contribution in [3.05, 3.63) is 0 Å². The van der Waals surface area contributed by atoms with Gasteiger partial charge >= 0.3 is 0 Å². The van der Waals surface area contributed by atoms with Gasteiger partial charge in [-0.05, 0) is 25.7 Å². The van der Waals surface area contributed by atoms with Crippen molar-refractivity contribution in [1.29, 1.82) is 0 Å². The second-order valence-electron chi connectivity index (χ2n) is 3.21. The topological polar surface area (TPSA) is 12.0 Å². The monoisotopic (exact) mass is 269 g/mol. The lowest BCUT2D eigenvalue weighted by molar-refractivity contribution is 0.418. The van der Waals surface area contributed by atoms with Crippen molar-refractivity contribution in [2.24, 2.45) is 0 Å². The highest BCUT2D eigenvalue weighted by atomic mass is 79.9. The first-order valence-electron chi connectivity index (χ1n) is 3.75. The Hall–Kier alpha value is 0.920. The summed E-state index contributed by atoms with van der Waals surface area (Å²) in [6.07, 6.45) is 5.51. The van der Waals surface area contributed by atoms with Gasteiger partial charge in [0.15, 0.2) is 0 Å². The van der Waals surface area contributed by atoms with Gasteiger partial charge in [0, 0.05) is 16.9 Å². The first kappa shape index (κ1) is 9.01. The highest BCUT2D eigenvalue weighted by Gasteiger charge is 2.31. The van der Waals surface area contributed by atoms with E-state index in [1.807, 2.05) is 0 Å². The van der Waals surface area contributed by atoms with Crippen LogP contribution >= 0.6 is 32.9 Å². The zero-order chi connectivity index (χ0) is 6.27. The Bertz CT molecular complexity index is 106. The molecular weight excluding hydrogens is 258 g/mol. The van der Waals surface area contributed by atoms with Gasteiger partial charge in [-0.15, -0.1) is 17.0 Å². The molecule has 0 aliphatic carbocycles. The Morgan fingerprint density at radius 3 is 2.10 bits per heavy atom. The van der Waals surface area contributed by atoms with Crippen LogP contribution in [0.25, 0.3) is 0 Å². The Labute approximate surface area is 80.8 Å². The van der Waals surface area contributed by atoms with Crippen LogP contribution in [0.1, 0.15) is 25.7 Å². The number of piperidine rings is 1. The molecule has 0 saturated carbocycles. The normalized spacial score (nSPS) is 44.7. The van der Waals surface area contributed by atoms with E-state index in [1.54, 1.807) is 0 Å². The second-order valence-corrected chi connectivity index (χ2v) is 4.50. The minimum atomic E-state index is 0. The third kappa shape index (κ3) is 1.74. The Kier molecular flexibility index (Phi) is 3.20. The van der Waals surface area contributed by atoms with E-state index in [1.165, 1.54) is 25.7 Å². The Balaban J connectivity index is 0.000000500. The molecule has 2 aliphatic rings. The van der Waals surface area contributed by atoms with Gasteiger partial charge in [0.2, 0.25) is 0 Å². The minimum Gasteiger partial charge on any atom is -0.311 e. The number of nitrogens with one attached hydrogen (secondary N) is 1. The molecule has 0 amide bonds. The first-order valence-corrected chi connectivity index (χ1v) is 4.66. The maximum atomic E-state index is 3.67. The molecule has 1 N–H and O–H groups in total. The number of hydrogen-bond acceptors (Lipinski definition) is 1. The highest BCUT2D eigenvalue weighted by molar-refractivity contribution is 9.09. The molecule has 2 saturated heterocycles. The maximum absolute atomic E-state index is 3.67. The number of rotatable bonds is 0. The van der Waals surface area contributed by atoms with Crippen LogP contribution in [0.3, 0.4) is 0 Å². The SMILES string of the molecule is Br.BrC1CC2CCC(C1)N2. The van der Waals surface area contributed by atoms with Gasteiger partial charge in [-0.25, -0.2) is 0 Å². The molecule has 0 aromatic heterocycles. The predicted octanol–water partition coefficient (Wildman–Crippen LogP) is 2.24. The van der Waals surface area contributed by atoms with Crippen molar-refractivity contribution in [3.63, 3.8) is 0 Å². The van der Waals surface area contributed by atoms with Gasteiger partial charge in [-0.2, -0.15) is 0 Å². The van der Waals surface area contributed by atoms with E-state index in [4.69, 9.17) is 0 Å². The number of halogens is 2. The highest BCUT2D eigenvalue weighted by Crippen LogP contribution is 2.30. The van der Waals surface area contributed by atoms with E-state index >= 15 is 0 Å². The smallest absolute Gasteiger partial charge is 0.0175 e. The van der Waals surface area contributed by atoms with Crippen LogP contribution in [0.15, 0.2) is 0 Å². The molecule has 60 valence electrons. The van der Waals surface area contributed by atoms with Crippen molar-refractivity contribution in [2.75, 3.05) is 0 Å². The molecule has 2 bridgehead atoms. The fraction of sp³-hybridized carbons (Fsp3) is 1.00. The third-order valence-corrected chi connectivity index (χ3v) is 3.16. The lowest BCUT2D eigenvalue weighted by atomic mass is 10.1. The molecule has 2 atom stereocenters. The van der Waals surface area contributed by atoms with Gasteiger partial charge in [-0.1, -0.05) is 15.9 Å². The van der Waals surface area contributed by atoms with Crippen molar-refractivity contribution in [3.8, 4) is 0 Å². The fourth-order valence-electron chi connectivity index (χ4n) is 1.99. The second kappa shape index (κ2) is 3.55. The molecule has 2 heterocycles. The van der Waals surface area contributed by atoms with Gasteiger partial charge in [0.25, 0.3) is 0 Å². The van der Waals surface area contributed by atoms with E-state index in [-0.39, 0.29) is 17.0 Å². The fourth-order valence-corrected chi connectivity index (χ4v) is 2.89. The molecule has 0 spiro atoms. The number of fused-ring (bicyclic) bond motifs is 2. The molecule has 1 nitrogen and oxygen atoms in total. The molecule has 2 fully saturated rings. The lowest BCUT2D eigenvalue weighted by Crippen LogP contribution is -2.38. The van der Waals surface area contributed by atoms with Gasteiger partial charge in [0.05, 0.1) is 0 Å². The summed E-state index contributed by atoms with van der Waals surface area (Å²) in [7, 11) is 0. The van der Waals surface area contributed by atoms with E-state index in [9.17, 15) is 0 Å². The van der Waals surface area contributed by atoms with Crippen LogP contribution in [-0.4, -0.2) is 16.9 Å². The summed E-state index contributed by atoms with van der Waals surface area (Å²) in [4.78, 5) is 0.802. The van der Waals surface area contributed by atoms with Crippen LogP contribution in [0.5, 0.6) is 0 Å². The van der Waals surface area contributed by atoms with E-state index < -0.39 is 0 Å². The summed E-state index contributed by atoms with van der Waals surface area (Å²) >= 11 is 3.67. The van der Waals surface area contributed by atoms with Gasteiger partial charge < -0.3 is 5.32 Å². The summed E-state index contributed by atoms with van der Waals surface area (Å²) in [5, 5.41) is 3.59.